The van der Waals surface area contributed by atoms with E-state index in [0.29, 0.717) is 17.3 Å². The first-order valence-corrected chi connectivity index (χ1v) is 8.33. The van der Waals surface area contributed by atoms with Gasteiger partial charge in [0, 0.05) is 23.8 Å². The van der Waals surface area contributed by atoms with Crippen LogP contribution < -0.4 is 10.9 Å². The Labute approximate surface area is 145 Å². The topological polar surface area (TPSA) is 54.3 Å². The second-order valence-corrected chi connectivity index (χ2v) is 6.68. The molecule has 6 heteroatoms. The van der Waals surface area contributed by atoms with Crippen molar-refractivity contribution < 1.29 is 4.79 Å². The number of carbonyl (C=O) groups is 1. The standard InChI is InChI=1S/C18H20ClN3O2/c1-21-9-8-14(11-21)18(24)20-16-6-7-17(23)22(12-16)10-13-2-4-15(19)5-3-13/h2-7,12,14H,8-11H2,1H3,(H,20,24). The molecule has 2 aromatic rings. The van der Waals surface area contributed by atoms with E-state index in [1.54, 1.807) is 29.0 Å². The fourth-order valence-corrected chi connectivity index (χ4v) is 3.03. The van der Waals surface area contributed by atoms with E-state index < -0.39 is 0 Å². The molecule has 1 amide bonds. The summed E-state index contributed by atoms with van der Waals surface area (Å²) in [7, 11) is 2.01. The summed E-state index contributed by atoms with van der Waals surface area (Å²) in [6.45, 7) is 2.15. The highest BCUT2D eigenvalue weighted by Crippen LogP contribution is 2.17. The largest absolute Gasteiger partial charge is 0.325 e. The molecule has 0 spiro atoms. The third-order valence-corrected chi connectivity index (χ3v) is 4.53. The number of hydrogen-bond donors (Lipinski definition) is 1. The van der Waals surface area contributed by atoms with Crippen LogP contribution in [0.5, 0.6) is 0 Å². The van der Waals surface area contributed by atoms with Crippen LogP contribution in [0.1, 0.15) is 12.0 Å². The molecule has 0 saturated carbocycles. The average molecular weight is 346 g/mol. The lowest BCUT2D eigenvalue weighted by molar-refractivity contribution is -0.119. The molecule has 0 aliphatic carbocycles. The molecule has 1 aromatic carbocycles. The number of pyridine rings is 1. The van der Waals surface area contributed by atoms with E-state index in [2.05, 4.69) is 10.2 Å². The zero-order chi connectivity index (χ0) is 17.1. The Morgan fingerprint density at radius 3 is 2.67 bits per heavy atom. The minimum Gasteiger partial charge on any atom is -0.325 e. The number of hydrogen-bond acceptors (Lipinski definition) is 3. The van der Waals surface area contributed by atoms with Gasteiger partial charge in [0.15, 0.2) is 0 Å². The van der Waals surface area contributed by atoms with Crippen molar-refractivity contribution in [2.24, 2.45) is 5.92 Å². The molecular formula is C18H20ClN3O2. The molecule has 1 aliphatic rings. The van der Waals surface area contributed by atoms with Gasteiger partial charge in [-0.1, -0.05) is 23.7 Å². The summed E-state index contributed by atoms with van der Waals surface area (Å²) in [4.78, 5) is 26.5. The Hall–Kier alpha value is -2.11. The predicted molar refractivity (Wildman–Crippen MR) is 95.5 cm³/mol. The molecule has 1 fully saturated rings. The molecule has 0 bridgehead atoms. The number of nitrogens with one attached hydrogen (secondary N) is 1. The van der Waals surface area contributed by atoms with Gasteiger partial charge in [-0.15, -0.1) is 0 Å². The molecule has 24 heavy (non-hydrogen) atoms. The Bertz CT molecular complexity index is 786. The van der Waals surface area contributed by atoms with Gasteiger partial charge >= 0.3 is 0 Å². The predicted octanol–water partition coefficient (Wildman–Crippen LogP) is 2.44. The van der Waals surface area contributed by atoms with Crippen molar-refractivity contribution in [3.63, 3.8) is 0 Å². The van der Waals surface area contributed by atoms with E-state index in [-0.39, 0.29) is 17.4 Å². The van der Waals surface area contributed by atoms with Crippen molar-refractivity contribution in [1.82, 2.24) is 9.47 Å². The number of benzene rings is 1. The van der Waals surface area contributed by atoms with Crippen LogP contribution in [-0.2, 0) is 11.3 Å². The van der Waals surface area contributed by atoms with Gasteiger partial charge in [-0.25, -0.2) is 0 Å². The van der Waals surface area contributed by atoms with Gasteiger partial charge in [-0.3, -0.25) is 9.59 Å². The van der Waals surface area contributed by atoms with Gasteiger partial charge in [0.25, 0.3) is 5.56 Å². The fourth-order valence-electron chi connectivity index (χ4n) is 2.91. The van der Waals surface area contributed by atoms with Crippen LogP contribution in [-0.4, -0.2) is 35.5 Å². The van der Waals surface area contributed by atoms with E-state index in [0.717, 1.165) is 25.1 Å². The smallest absolute Gasteiger partial charge is 0.250 e. The Morgan fingerprint density at radius 2 is 2.00 bits per heavy atom. The minimum absolute atomic E-state index is 0.00615. The van der Waals surface area contributed by atoms with Crippen LogP contribution in [0, 0.1) is 5.92 Å². The third-order valence-electron chi connectivity index (χ3n) is 4.28. The molecule has 1 N–H and O–H groups in total. The van der Waals surface area contributed by atoms with Crippen molar-refractivity contribution in [2.75, 3.05) is 25.5 Å². The molecule has 5 nitrogen and oxygen atoms in total. The quantitative estimate of drug-likeness (QED) is 0.926. The number of nitrogens with zero attached hydrogens (tertiary/aromatic N) is 2. The maximum Gasteiger partial charge on any atom is 0.250 e. The lowest BCUT2D eigenvalue weighted by Crippen LogP contribution is -2.26. The lowest BCUT2D eigenvalue weighted by Gasteiger charge is -2.13. The number of halogens is 1. The normalized spacial score (nSPS) is 17.8. The summed E-state index contributed by atoms with van der Waals surface area (Å²) >= 11 is 5.88. The first-order chi connectivity index (χ1) is 11.5. The molecule has 1 aromatic heterocycles. The van der Waals surface area contributed by atoms with Crippen LogP contribution in [0.4, 0.5) is 5.69 Å². The average Bonchev–Trinajstić information content (AvgIpc) is 2.99. The van der Waals surface area contributed by atoms with Crippen molar-refractivity contribution in [1.29, 1.82) is 0 Å². The Morgan fingerprint density at radius 1 is 1.25 bits per heavy atom. The van der Waals surface area contributed by atoms with Crippen molar-refractivity contribution >= 4 is 23.2 Å². The number of aromatic nitrogens is 1. The molecule has 1 aliphatic heterocycles. The first-order valence-electron chi connectivity index (χ1n) is 7.95. The monoisotopic (exact) mass is 345 g/mol. The fraction of sp³-hybridized carbons (Fsp3) is 0.333. The van der Waals surface area contributed by atoms with E-state index in [1.165, 1.54) is 6.07 Å². The van der Waals surface area contributed by atoms with Crippen LogP contribution >= 0.6 is 11.6 Å². The maximum absolute atomic E-state index is 12.3. The van der Waals surface area contributed by atoms with Gasteiger partial charge in [0.05, 0.1) is 18.2 Å². The lowest BCUT2D eigenvalue weighted by atomic mass is 10.1. The second-order valence-electron chi connectivity index (χ2n) is 6.25. The van der Waals surface area contributed by atoms with E-state index >= 15 is 0 Å². The Kier molecular flexibility index (Phi) is 5.02. The highest BCUT2D eigenvalue weighted by Gasteiger charge is 2.26. The molecule has 1 unspecified atom stereocenters. The van der Waals surface area contributed by atoms with Crippen molar-refractivity contribution in [3.05, 3.63) is 63.5 Å². The zero-order valence-electron chi connectivity index (χ0n) is 13.5. The van der Waals surface area contributed by atoms with Gasteiger partial charge in [0.2, 0.25) is 5.91 Å². The molecule has 1 saturated heterocycles. The van der Waals surface area contributed by atoms with E-state index in [1.807, 2.05) is 19.2 Å². The van der Waals surface area contributed by atoms with Gasteiger partial charge in [-0.2, -0.15) is 0 Å². The number of carbonyl (C=O) groups excluding carboxylic acids is 1. The maximum atomic E-state index is 12.3. The number of amides is 1. The molecule has 0 radical (unpaired) electrons. The highest BCUT2D eigenvalue weighted by atomic mass is 35.5. The third kappa shape index (κ3) is 4.04. The molecule has 1 atom stereocenters. The summed E-state index contributed by atoms with van der Waals surface area (Å²) in [6.07, 6.45) is 2.56. The van der Waals surface area contributed by atoms with E-state index in [9.17, 15) is 9.59 Å². The molecule has 126 valence electrons. The molecule has 2 heterocycles. The summed E-state index contributed by atoms with van der Waals surface area (Å²) in [5.74, 6) is 0.0164. The van der Waals surface area contributed by atoms with Gasteiger partial charge < -0.3 is 14.8 Å². The molecule has 3 rings (SSSR count). The van der Waals surface area contributed by atoms with Crippen LogP contribution in [0.2, 0.25) is 5.02 Å². The Balaban J connectivity index is 1.72. The number of anilines is 1. The minimum atomic E-state index is -0.108. The highest BCUT2D eigenvalue weighted by molar-refractivity contribution is 6.30. The van der Waals surface area contributed by atoms with Crippen LogP contribution in [0.25, 0.3) is 0 Å². The van der Waals surface area contributed by atoms with Gasteiger partial charge in [-0.05, 0) is 43.8 Å². The second kappa shape index (κ2) is 7.20. The van der Waals surface area contributed by atoms with Gasteiger partial charge in [0.1, 0.15) is 0 Å². The summed E-state index contributed by atoms with van der Waals surface area (Å²) < 4.78 is 1.58. The summed E-state index contributed by atoms with van der Waals surface area (Å²) in [6, 6.07) is 10.5. The summed E-state index contributed by atoms with van der Waals surface area (Å²) in [5, 5.41) is 3.58. The van der Waals surface area contributed by atoms with Crippen molar-refractivity contribution in [3.8, 4) is 0 Å². The molecular weight excluding hydrogens is 326 g/mol. The SMILES string of the molecule is CN1CCC(C(=O)Nc2ccc(=O)n(Cc3ccc(Cl)cc3)c2)C1. The van der Waals surface area contributed by atoms with E-state index in [4.69, 9.17) is 11.6 Å². The first kappa shape index (κ1) is 16.7. The zero-order valence-corrected chi connectivity index (χ0v) is 14.3. The van der Waals surface area contributed by atoms with Crippen molar-refractivity contribution in [2.45, 2.75) is 13.0 Å². The van der Waals surface area contributed by atoms with Crippen LogP contribution in [0.3, 0.4) is 0 Å². The van der Waals surface area contributed by atoms with Crippen LogP contribution in [0.15, 0.2) is 47.4 Å². The summed E-state index contributed by atoms with van der Waals surface area (Å²) in [5.41, 5.74) is 1.51. The number of likely N-dealkylation sites (tertiary alicyclic amines) is 1. The number of rotatable bonds is 4.